The van der Waals surface area contributed by atoms with Crippen LogP contribution in [-0.4, -0.2) is 27.4 Å². The Balaban J connectivity index is 2.05. The number of hydrogen-bond acceptors (Lipinski definition) is 8. The first-order valence-corrected chi connectivity index (χ1v) is 10.8. The molecule has 2 heterocycles. The summed E-state index contributed by atoms with van der Waals surface area (Å²) in [5.74, 6) is -1.58. The van der Waals surface area contributed by atoms with Crippen LogP contribution in [0.4, 0.5) is 0 Å². The molecule has 1 aliphatic heterocycles. The number of thiazole rings is 1. The zero-order valence-corrected chi connectivity index (χ0v) is 18.3. The van der Waals surface area contributed by atoms with Gasteiger partial charge in [0.2, 0.25) is 0 Å². The van der Waals surface area contributed by atoms with Gasteiger partial charge in [-0.1, -0.05) is 24.3 Å². The van der Waals surface area contributed by atoms with E-state index in [1.54, 1.807) is 37.3 Å². The third-order valence-electron chi connectivity index (χ3n) is 5.18. The maximum Gasteiger partial charge on any atom is 0.338 e. The van der Waals surface area contributed by atoms with E-state index in [0.29, 0.717) is 20.3 Å². The molecule has 0 radical (unpaired) electrons. The van der Waals surface area contributed by atoms with Crippen molar-refractivity contribution in [2.24, 2.45) is 5.73 Å². The third-order valence-corrected chi connectivity index (χ3v) is 6.29. The van der Waals surface area contributed by atoms with Crippen molar-refractivity contribution in [1.82, 2.24) is 4.57 Å². The number of hydrogen-bond donors (Lipinski definition) is 3. The molecule has 0 saturated carbocycles. The van der Waals surface area contributed by atoms with E-state index in [-0.39, 0.29) is 35.1 Å². The summed E-state index contributed by atoms with van der Waals surface area (Å²) in [5.41, 5.74) is 7.26. The van der Waals surface area contributed by atoms with Gasteiger partial charge in [-0.2, -0.15) is 5.26 Å². The molecule has 0 amide bonds. The van der Waals surface area contributed by atoms with E-state index < -0.39 is 17.4 Å². The van der Waals surface area contributed by atoms with Crippen molar-refractivity contribution in [3.8, 4) is 17.6 Å². The lowest BCUT2D eigenvalue weighted by molar-refractivity contribution is -0.138. The van der Waals surface area contributed by atoms with Crippen LogP contribution in [0.5, 0.6) is 11.5 Å². The van der Waals surface area contributed by atoms with Crippen molar-refractivity contribution in [2.75, 3.05) is 6.61 Å². The number of esters is 1. The maximum atomic E-state index is 13.2. The van der Waals surface area contributed by atoms with E-state index in [1.807, 2.05) is 0 Å². The highest BCUT2D eigenvalue weighted by Gasteiger charge is 2.36. The molecule has 1 aromatic heterocycles. The Bertz CT molecular complexity index is 1490. The fourth-order valence-corrected chi connectivity index (χ4v) is 4.81. The average Bonchev–Trinajstić information content (AvgIpc) is 3.12. The Labute approximate surface area is 192 Å². The second-order valence-electron chi connectivity index (χ2n) is 7.22. The molecule has 2 aromatic carbocycles. The SMILES string of the molecule is CCOC(=O)C1=C(N)n2c(sc(=Cc3ccc(O)cc3)c2=O)=C(C#N)C1c1ccc(O)cc1. The summed E-state index contributed by atoms with van der Waals surface area (Å²) in [5, 5.41) is 29.2. The third kappa shape index (κ3) is 3.88. The van der Waals surface area contributed by atoms with Crippen LogP contribution in [0, 0.1) is 11.3 Å². The smallest absolute Gasteiger partial charge is 0.338 e. The number of nitrogens with zero attached hydrogens (tertiary/aromatic N) is 2. The lowest BCUT2D eigenvalue weighted by Gasteiger charge is -2.25. The number of aromatic hydroxyl groups is 2. The van der Waals surface area contributed by atoms with Gasteiger partial charge < -0.3 is 20.7 Å². The first kappa shape index (κ1) is 21.9. The standard InChI is InChI=1S/C24H19N3O5S/c1-2-32-24(31)20-19(14-5-9-16(29)10-6-14)17(12-25)23-27(21(20)26)22(30)18(33-23)11-13-3-7-15(28)8-4-13/h3-11,19,28-29H,2,26H2,1H3. The molecule has 1 atom stereocenters. The van der Waals surface area contributed by atoms with Crippen LogP contribution in [0.3, 0.4) is 0 Å². The van der Waals surface area contributed by atoms with Gasteiger partial charge in [0.05, 0.1) is 34.3 Å². The quantitative estimate of drug-likeness (QED) is 0.498. The minimum Gasteiger partial charge on any atom is -0.508 e. The Morgan fingerprint density at radius 3 is 2.36 bits per heavy atom. The molecule has 0 bridgehead atoms. The number of aromatic nitrogens is 1. The monoisotopic (exact) mass is 461 g/mol. The first-order chi connectivity index (χ1) is 15.8. The van der Waals surface area contributed by atoms with Gasteiger partial charge in [-0.15, -0.1) is 11.3 Å². The molecule has 0 fully saturated rings. The number of rotatable bonds is 4. The Kier molecular flexibility index (Phi) is 5.77. The maximum absolute atomic E-state index is 13.2. The van der Waals surface area contributed by atoms with Gasteiger partial charge in [-0.05, 0) is 48.4 Å². The van der Waals surface area contributed by atoms with E-state index in [0.717, 1.165) is 11.3 Å². The zero-order chi connectivity index (χ0) is 23.7. The van der Waals surface area contributed by atoms with E-state index in [2.05, 4.69) is 6.07 Å². The fraction of sp³-hybridized carbons (Fsp3) is 0.125. The lowest BCUT2D eigenvalue weighted by atomic mass is 9.84. The molecule has 4 rings (SSSR count). The van der Waals surface area contributed by atoms with Gasteiger partial charge in [0.25, 0.3) is 5.56 Å². The fourth-order valence-electron chi connectivity index (χ4n) is 3.68. The van der Waals surface area contributed by atoms with E-state index in [1.165, 1.54) is 28.8 Å². The average molecular weight is 461 g/mol. The number of ether oxygens (including phenoxy) is 1. The van der Waals surface area contributed by atoms with E-state index >= 15 is 0 Å². The van der Waals surface area contributed by atoms with E-state index in [9.17, 15) is 25.1 Å². The van der Waals surface area contributed by atoms with Crippen LogP contribution in [0.2, 0.25) is 0 Å². The van der Waals surface area contributed by atoms with Gasteiger partial charge in [0.15, 0.2) is 0 Å². The van der Waals surface area contributed by atoms with Crippen LogP contribution >= 0.6 is 11.3 Å². The van der Waals surface area contributed by atoms with Crippen molar-refractivity contribution in [3.63, 3.8) is 0 Å². The lowest BCUT2D eigenvalue weighted by Crippen LogP contribution is -2.40. The number of phenols is 2. The number of fused-ring (bicyclic) bond motifs is 1. The van der Waals surface area contributed by atoms with Gasteiger partial charge in [0, 0.05) is 0 Å². The summed E-state index contributed by atoms with van der Waals surface area (Å²) in [6.45, 7) is 1.74. The highest BCUT2D eigenvalue weighted by Crippen LogP contribution is 2.37. The van der Waals surface area contributed by atoms with Crippen molar-refractivity contribution in [1.29, 1.82) is 5.26 Å². The van der Waals surface area contributed by atoms with Crippen LogP contribution in [-0.2, 0) is 9.53 Å². The number of nitrogens with two attached hydrogens (primary N) is 1. The molecule has 4 N–H and O–H groups in total. The van der Waals surface area contributed by atoms with Gasteiger partial charge >= 0.3 is 5.97 Å². The van der Waals surface area contributed by atoms with Crippen LogP contribution < -0.4 is 20.5 Å². The molecule has 0 spiro atoms. The predicted molar refractivity (Wildman–Crippen MR) is 123 cm³/mol. The summed E-state index contributed by atoms with van der Waals surface area (Å²) in [4.78, 5) is 26.1. The molecule has 9 heteroatoms. The molecule has 8 nitrogen and oxygen atoms in total. The molecule has 1 aliphatic rings. The largest absolute Gasteiger partial charge is 0.508 e. The summed E-state index contributed by atoms with van der Waals surface area (Å²) in [6.07, 6.45) is 1.62. The predicted octanol–water partition coefficient (Wildman–Crippen LogP) is 1.31. The number of nitriles is 1. The Hall–Kier alpha value is -4.29. The molecular formula is C24H19N3O5S. The van der Waals surface area contributed by atoms with Gasteiger partial charge in [-0.25, -0.2) is 4.79 Å². The van der Waals surface area contributed by atoms with Crippen molar-refractivity contribution in [2.45, 2.75) is 12.8 Å². The summed E-state index contributed by atoms with van der Waals surface area (Å²) < 4.78 is 6.98. The summed E-state index contributed by atoms with van der Waals surface area (Å²) >= 11 is 1.08. The summed E-state index contributed by atoms with van der Waals surface area (Å²) in [7, 11) is 0. The normalized spacial score (nSPS) is 15.8. The molecular weight excluding hydrogens is 442 g/mol. The van der Waals surface area contributed by atoms with E-state index in [4.69, 9.17) is 10.5 Å². The molecule has 166 valence electrons. The van der Waals surface area contributed by atoms with Crippen LogP contribution in [0.25, 0.3) is 17.5 Å². The highest BCUT2D eigenvalue weighted by molar-refractivity contribution is 7.07. The minimum atomic E-state index is -0.866. The van der Waals surface area contributed by atoms with Crippen molar-refractivity contribution < 1.29 is 19.7 Å². The number of benzene rings is 2. The second-order valence-corrected chi connectivity index (χ2v) is 8.25. The number of carbonyl (C=O) groups excluding carboxylic acids is 1. The molecule has 3 aromatic rings. The molecule has 33 heavy (non-hydrogen) atoms. The van der Waals surface area contributed by atoms with Gasteiger partial charge in [0.1, 0.15) is 22.0 Å². The summed E-state index contributed by atoms with van der Waals surface area (Å²) in [6, 6.07) is 14.5. The zero-order valence-electron chi connectivity index (χ0n) is 17.5. The van der Waals surface area contributed by atoms with Crippen molar-refractivity contribution >= 4 is 34.8 Å². The van der Waals surface area contributed by atoms with Gasteiger partial charge in [-0.3, -0.25) is 9.36 Å². The van der Waals surface area contributed by atoms with Crippen LogP contribution in [0.1, 0.15) is 24.0 Å². The highest BCUT2D eigenvalue weighted by atomic mass is 32.1. The number of carbonyl (C=O) groups is 1. The molecule has 0 saturated heterocycles. The Morgan fingerprint density at radius 1 is 1.18 bits per heavy atom. The first-order valence-electron chi connectivity index (χ1n) is 9.98. The van der Waals surface area contributed by atoms with Crippen molar-refractivity contribution in [3.05, 3.63) is 84.8 Å². The molecule has 0 aliphatic carbocycles. The second kappa shape index (κ2) is 8.68. The topological polar surface area (TPSA) is 139 Å². The number of phenolic OH excluding ortho intramolecular Hbond substituents is 2. The molecule has 1 unspecified atom stereocenters. The van der Waals surface area contributed by atoms with Crippen LogP contribution in [0.15, 0.2) is 58.9 Å². The Morgan fingerprint density at radius 2 is 1.79 bits per heavy atom. The minimum absolute atomic E-state index is 0.0114.